The summed E-state index contributed by atoms with van der Waals surface area (Å²) in [5.41, 5.74) is 3.05. The van der Waals surface area contributed by atoms with Crippen LogP contribution in [0.4, 0.5) is 8.78 Å². The third-order valence-electron chi connectivity index (χ3n) is 5.75. The van der Waals surface area contributed by atoms with Crippen LogP contribution in [0.5, 0.6) is 0 Å². The Kier molecular flexibility index (Phi) is 2.99. The van der Waals surface area contributed by atoms with Crippen molar-refractivity contribution in [2.24, 2.45) is 0 Å². The van der Waals surface area contributed by atoms with Crippen LogP contribution in [0, 0.1) is 18.6 Å². The van der Waals surface area contributed by atoms with Crippen molar-refractivity contribution in [3.05, 3.63) is 77.2 Å². The molecule has 2 aliphatic rings. The molecule has 0 unspecified atom stereocenters. The first-order valence-corrected chi connectivity index (χ1v) is 8.46. The maximum Gasteiger partial charge on any atom is 0.181 e. The molecular weight excluding hydrogens is 336 g/mol. The number of hydrogen-bond acceptors (Lipinski definition) is 4. The van der Waals surface area contributed by atoms with Crippen molar-refractivity contribution in [2.75, 3.05) is 0 Å². The Bertz CT molecular complexity index is 1050. The zero-order valence-electron chi connectivity index (χ0n) is 14.1. The Hall–Kier alpha value is -2.89. The number of benzene rings is 1. The first kappa shape index (κ1) is 15.4. The molecule has 0 radical (unpaired) electrons. The van der Waals surface area contributed by atoms with Gasteiger partial charge in [-0.05, 0) is 43.5 Å². The first-order chi connectivity index (χ1) is 12.5. The van der Waals surface area contributed by atoms with Gasteiger partial charge < -0.3 is 4.42 Å². The van der Waals surface area contributed by atoms with Gasteiger partial charge in [-0.15, -0.1) is 5.10 Å². The minimum atomic E-state index is -0.650. The van der Waals surface area contributed by atoms with E-state index in [1.807, 2.05) is 6.92 Å². The highest BCUT2D eigenvalue weighted by Gasteiger charge is 2.57. The smallest absolute Gasteiger partial charge is 0.181 e. The molecule has 1 aromatic carbocycles. The average Bonchev–Trinajstić information content (AvgIpc) is 3.26. The molecule has 4 nitrogen and oxygen atoms in total. The molecule has 0 spiro atoms. The summed E-state index contributed by atoms with van der Waals surface area (Å²) in [5, 5.41) is 8.54. The van der Waals surface area contributed by atoms with Gasteiger partial charge in [-0.1, -0.05) is 18.2 Å². The normalized spacial score (nSPS) is 23.5. The number of allylic oxidation sites excluding steroid dienone is 1. The molecule has 0 amide bonds. The van der Waals surface area contributed by atoms with Crippen LogP contribution in [0.2, 0.25) is 0 Å². The van der Waals surface area contributed by atoms with Gasteiger partial charge in [0.1, 0.15) is 17.4 Å². The van der Waals surface area contributed by atoms with Gasteiger partial charge in [-0.3, -0.25) is 0 Å². The molecule has 1 saturated carbocycles. The van der Waals surface area contributed by atoms with E-state index in [9.17, 15) is 8.78 Å². The molecule has 2 bridgehead atoms. The molecule has 2 atom stereocenters. The van der Waals surface area contributed by atoms with Crippen molar-refractivity contribution < 1.29 is 13.2 Å². The fourth-order valence-corrected chi connectivity index (χ4v) is 4.57. The summed E-state index contributed by atoms with van der Waals surface area (Å²) in [6.07, 6.45) is 3.15. The van der Waals surface area contributed by atoms with Crippen molar-refractivity contribution >= 4 is 0 Å². The van der Waals surface area contributed by atoms with E-state index in [0.29, 0.717) is 0 Å². The number of fused-ring (bicyclic) bond motifs is 5. The van der Waals surface area contributed by atoms with Crippen molar-refractivity contribution in [1.82, 2.24) is 15.2 Å². The molecular formula is C20H15F2N3O. The molecule has 2 aromatic heterocycles. The predicted molar refractivity (Wildman–Crippen MR) is 90.5 cm³/mol. The van der Waals surface area contributed by atoms with Crippen LogP contribution >= 0.6 is 0 Å². The van der Waals surface area contributed by atoms with Gasteiger partial charge in [0.2, 0.25) is 0 Å². The van der Waals surface area contributed by atoms with Crippen LogP contribution in [0.25, 0.3) is 11.3 Å². The van der Waals surface area contributed by atoms with Crippen LogP contribution in [0.3, 0.4) is 0 Å². The van der Waals surface area contributed by atoms with E-state index < -0.39 is 17.0 Å². The number of oxazole rings is 1. The Morgan fingerprint density at radius 1 is 1.19 bits per heavy atom. The number of nitrogens with zero attached hydrogens (tertiary/aromatic N) is 3. The lowest BCUT2D eigenvalue weighted by Gasteiger charge is -2.26. The van der Waals surface area contributed by atoms with E-state index in [1.54, 1.807) is 6.07 Å². The summed E-state index contributed by atoms with van der Waals surface area (Å²) in [4.78, 5) is 4.41. The molecule has 2 heterocycles. The van der Waals surface area contributed by atoms with Gasteiger partial charge >= 0.3 is 0 Å². The number of rotatable bonds is 2. The van der Waals surface area contributed by atoms with E-state index in [0.717, 1.165) is 41.1 Å². The molecule has 26 heavy (non-hydrogen) atoms. The Balaban J connectivity index is 1.73. The molecule has 130 valence electrons. The Labute approximate surface area is 148 Å². The average molecular weight is 351 g/mol. The SMILES string of the molecule is C=C1[C@@H]2CC[C@@]1(c1ncoc1C)c1nnc(-c3c(F)cccc3F)cc12. The van der Waals surface area contributed by atoms with Crippen LogP contribution in [-0.4, -0.2) is 15.2 Å². The van der Waals surface area contributed by atoms with Gasteiger partial charge in [-0.2, -0.15) is 5.10 Å². The second-order valence-electron chi connectivity index (χ2n) is 6.91. The fraction of sp³-hybridized carbons (Fsp3) is 0.250. The standard InChI is InChI=1S/C20H15F2N3O/c1-10-12-6-7-20(10,18-11(2)26-9-23-18)19-13(12)8-16(24-25-19)17-14(21)4-3-5-15(17)22/h3-5,8-9,12H,1,6-7H2,2H3/t12-,20+/m0/s1. The van der Waals surface area contributed by atoms with E-state index >= 15 is 0 Å². The minimum Gasteiger partial charge on any atom is -0.448 e. The summed E-state index contributed by atoms with van der Waals surface area (Å²) in [5.74, 6) is -0.484. The number of aryl methyl sites for hydroxylation is 1. The van der Waals surface area contributed by atoms with Crippen molar-refractivity contribution in [1.29, 1.82) is 0 Å². The maximum absolute atomic E-state index is 14.2. The number of halogens is 2. The minimum absolute atomic E-state index is 0.0881. The second kappa shape index (κ2) is 5.06. The zero-order valence-corrected chi connectivity index (χ0v) is 14.1. The van der Waals surface area contributed by atoms with E-state index in [2.05, 4.69) is 21.8 Å². The van der Waals surface area contributed by atoms with Crippen LogP contribution in [0.1, 0.15) is 41.5 Å². The first-order valence-electron chi connectivity index (χ1n) is 8.46. The van der Waals surface area contributed by atoms with E-state index in [4.69, 9.17) is 4.42 Å². The molecule has 3 aromatic rings. The summed E-state index contributed by atoms with van der Waals surface area (Å²) < 4.78 is 33.7. The monoisotopic (exact) mass is 351 g/mol. The maximum atomic E-state index is 14.2. The summed E-state index contributed by atoms with van der Waals surface area (Å²) in [6.45, 7) is 6.17. The highest BCUT2D eigenvalue weighted by molar-refractivity contribution is 5.66. The largest absolute Gasteiger partial charge is 0.448 e. The van der Waals surface area contributed by atoms with Crippen molar-refractivity contribution in [3.8, 4) is 11.3 Å². The molecule has 1 fully saturated rings. The highest BCUT2D eigenvalue weighted by atomic mass is 19.1. The number of aromatic nitrogens is 3. The lowest BCUT2D eigenvalue weighted by Crippen LogP contribution is -2.27. The number of hydrogen-bond donors (Lipinski definition) is 0. The topological polar surface area (TPSA) is 51.8 Å². The lowest BCUT2D eigenvalue weighted by atomic mass is 9.78. The van der Waals surface area contributed by atoms with Crippen LogP contribution in [-0.2, 0) is 5.41 Å². The zero-order chi connectivity index (χ0) is 18.1. The molecule has 5 rings (SSSR count). The van der Waals surface area contributed by atoms with Gasteiger partial charge in [0.15, 0.2) is 6.39 Å². The second-order valence-corrected chi connectivity index (χ2v) is 6.91. The quantitative estimate of drug-likeness (QED) is 0.640. The van der Waals surface area contributed by atoms with E-state index in [-0.39, 0.29) is 17.2 Å². The van der Waals surface area contributed by atoms with Crippen LogP contribution < -0.4 is 0 Å². The fourth-order valence-electron chi connectivity index (χ4n) is 4.57. The van der Waals surface area contributed by atoms with Gasteiger partial charge in [0.05, 0.1) is 28.1 Å². The van der Waals surface area contributed by atoms with Gasteiger partial charge in [0, 0.05) is 5.92 Å². The molecule has 0 saturated heterocycles. The van der Waals surface area contributed by atoms with Crippen molar-refractivity contribution in [3.63, 3.8) is 0 Å². The summed E-state index contributed by atoms with van der Waals surface area (Å²) in [6, 6.07) is 5.52. The lowest BCUT2D eigenvalue weighted by molar-refractivity contribution is 0.507. The van der Waals surface area contributed by atoms with Gasteiger partial charge in [0.25, 0.3) is 0 Å². The molecule has 6 heteroatoms. The molecule has 0 aliphatic heterocycles. The Morgan fingerprint density at radius 2 is 1.96 bits per heavy atom. The Morgan fingerprint density at radius 3 is 2.65 bits per heavy atom. The molecule has 2 aliphatic carbocycles. The third kappa shape index (κ3) is 1.74. The van der Waals surface area contributed by atoms with E-state index in [1.165, 1.54) is 24.6 Å². The summed E-state index contributed by atoms with van der Waals surface area (Å²) in [7, 11) is 0. The van der Waals surface area contributed by atoms with Crippen LogP contribution in [0.15, 0.2) is 47.2 Å². The van der Waals surface area contributed by atoms with Gasteiger partial charge in [-0.25, -0.2) is 13.8 Å². The highest BCUT2D eigenvalue weighted by Crippen LogP contribution is 2.62. The molecule has 0 N–H and O–H groups in total. The predicted octanol–water partition coefficient (Wildman–Crippen LogP) is 4.45. The van der Waals surface area contributed by atoms with Crippen molar-refractivity contribution in [2.45, 2.75) is 31.1 Å². The summed E-state index contributed by atoms with van der Waals surface area (Å²) >= 11 is 0. The third-order valence-corrected chi connectivity index (χ3v) is 5.75.